The van der Waals surface area contributed by atoms with Crippen molar-refractivity contribution in [3.05, 3.63) is 88.3 Å². The lowest BCUT2D eigenvalue weighted by atomic mass is 10.1. The first kappa shape index (κ1) is 20.2. The maximum atomic E-state index is 12.8. The van der Waals surface area contributed by atoms with Gasteiger partial charge in [-0.25, -0.2) is 4.98 Å². The van der Waals surface area contributed by atoms with Crippen LogP contribution in [-0.2, 0) is 7.05 Å². The van der Waals surface area contributed by atoms with Crippen molar-refractivity contribution in [1.82, 2.24) is 9.55 Å². The third kappa shape index (κ3) is 4.11. The number of nitrogens with one attached hydrogen (secondary N) is 1. The summed E-state index contributed by atoms with van der Waals surface area (Å²) in [4.78, 5) is 29.3. The zero-order valence-corrected chi connectivity index (χ0v) is 17.4. The fourth-order valence-corrected chi connectivity index (χ4v) is 3.28. The summed E-state index contributed by atoms with van der Waals surface area (Å²) in [6, 6.07) is 17.6. The number of carbonyl (C=O) groups excluding carboxylic acids is 1. The van der Waals surface area contributed by atoms with E-state index in [9.17, 15) is 9.59 Å². The van der Waals surface area contributed by atoms with E-state index in [2.05, 4.69) is 10.3 Å². The summed E-state index contributed by atoms with van der Waals surface area (Å²) < 4.78 is 12.6. The van der Waals surface area contributed by atoms with E-state index < -0.39 is 0 Å². The smallest absolute Gasteiger partial charge is 0.256 e. The van der Waals surface area contributed by atoms with Gasteiger partial charge < -0.3 is 19.4 Å². The number of carbonyl (C=O) groups is 1. The first-order valence-corrected chi connectivity index (χ1v) is 9.65. The molecule has 0 atom stereocenters. The molecule has 0 bridgehead atoms. The molecule has 31 heavy (non-hydrogen) atoms. The molecule has 0 aliphatic carbocycles. The molecule has 7 heteroatoms. The Morgan fingerprint density at radius 3 is 2.58 bits per heavy atom. The van der Waals surface area contributed by atoms with E-state index in [1.165, 1.54) is 16.8 Å². The minimum absolute atomic E-state index is 0.252. The number of hydrogen-bond donors (Lipinski definition) is 1. The number of aromatic nitrogens is 2. The lowest BCUT2D eigenvalue weighted by molar-refractivity contribution is 0.102. The summed E-state index contributed by atoms with van der Waals surface area (Å²) in [5, 5.41) is 3.48. The third-order valence-corrected chi connectivity index (χ3v) is 4.93. The summed E-state index contributed by atoms with van der Waals surface area (Å²) in [7, 11) is 3.26. The second kappa shape index (κ2) is 8.31. The highest BCUT2D eigenvalue weighted by atomic mass is 16.5. The molecule has 0 aliphatic heterocycles. The van der Waals surface area contributed by atoms with E-state index in [0.717, 1.165) is 5.56 Å². The van der Waals surface area contributed by atoms with Gasteiger partial charge in [-0.1, -0.05) is 24.3 Å². The average Bonchev–Trinajstić information content (AvgIpc) is 2.78. The van der Waals surface area contributed by atoms with Crippen LogP contribution < -0.4 is 20.3 Å². The van der Waals surface area contributed by atoms with Crippen LogP contribution >= 0.6 is 0 Å². The van der Waals surface area contributed by atoms with Gasteiger partial charge in [0.15, 0.2) is 11.5 Å². The molecule has 156 valence electrons. The van der Waals surface area contributed by atoms with Gasteiger partial charge in [0.05, 0.1) is 30.1 Å². The monoisotopic (exact) mass is 415 g/mol. The Kier molecular flexibility index (Phi) is 5.41. The number of ether oxygens (including phenoxy) is 2. The third-order valence-electron chi connectivity index (χ3n) is 4.93. The zero-order valence-electron chi connectivity index (χ0n) is 17.4. The number of anilines is 1. The van der Waals surface area contributed by atoms with Gasteiger partial charge in [-0.2, -0.15) is 0 Å². The van der Waals surface area contributed by atoms with Gasteiger partial charge in [0.1, 0.15) is 0 Å². The number of nitrogens with zero attached hydrogens (tertiary/aromatic N) is 2. The molecule has 4 rings (SSSR count). The first-order valence-electron chi connectivity index (χ1n) is 9.65. The number of hydrogen-bond acceptors (Lipinski definition) is 5. The highest BCUT2D eigenvalue weighted by Gasteiger charge is 2.14. The molecule has 0 saturated heterocycles. The first-order chi connectivity index (χ1) is 15.0. The van der Waals surface area contributed by atoms with E-state index in [-0.39, 0.29) is 11.5 Å². The second-order valence-electron chi connectivity index (χ2n) is 7.07. The summed E-state index contributed by atoms with van der Waals surface area (Å²) in [6.07, 6.45) is 1.50. The maximum Gasteiger partial charge on any atom is 0.256 e. The number of benzene rings is 2. The molecular weight excluding hydrogens is 394 g/mol. The quantitative estimate of drug-likeness (QED) is 0.526. The largest absolute Gasteiger partial charge is 0.493 e. The van der Waals surface area contributed by atoms with Crippen molar-refractivity contribution in [3.63, 3.8) is 0 Å². The summed E-state index contributed by atoms with van der Waals surface area (Å²) in [5.74, 6) is 1.13. The highest BCUT2D eigenvalue weighted by molar-refractivity contribution is 6.12. The Hall–Kier alpha value is -4.13. The molecule has 2 heterocycles. The van der Waals surface area contributed by atoms with Gasteiger partial charge in [-0.05, 0) is 36.8 Å². The Morgan fingerprint density at radius 1 is 1.03 bits per heavy atom. The molecular formula is C24H21N3O4. The van der Waals surface area contributed by atoms with Crippen LogP contribution in [0.4, 0.5) is 5.69 Å². The Balaban J connectivity index is 1.55. The van der Waals surface area contributed by atoms with Gasteiger partial charge in [-0.15, -0.1) is 0 Å². The lowest BCUT2D eigenvalue weighted by Gasteiger charge is -2.12. The Morgan fingerprint density at radius 2 is 1.84 bits per heavy atom. The Labute approximate surface area is 178 Å². The standard InChI is InChI=1S/C24H21N3O4/c1-15-8-10-20(21(12-15)30-3)31-22-11-9-16(14-25-22)26-24(29)18-13-23(28)27(2)19-7-5-4-6-17(18)19/h4-14H,1-3H3,(H,26,29). The van der Waals surface area contributed by atoms with Crippen molar-refractivity contribution in [2.24, 2.45) is 7.05 Å². The van der Waals surface area contributed by atoms with Crippen LogP contribution in [-0.4, -0.2) is 22.6 Å². The average molecular weight is 415 g/mol. The number of fused-ring (bicyclic) bond motifs is 1. The van der Waals surface area contributed by atoms with Crippen molar-refractivity contribution in [2.45, 2.75) is 6.92 Å². The van der Waals surface area contributed by atoms with E-state index in [1.54, 1.807) is 32.4 Å². The lowest BCUT2D eigenvalue weighted by Crippen LogP contribution is -2.21. The Bertz CT molecular complexity index is 1330. The van der Waals surface area contributed by atoms with Crippen molar-refractivity contribution in [1.29, 1.82) is 0 Å². The van der Waals surface area contributed by atoms with Crippen LogP contribution in [0, 0.1) is 6.92 Å². The number of pyridine rings is 2. The number of aryl methyl sites for hydroxylation is 2. The summed E-state index contributed by atoms with van der Waals surface area (Å²) >= 11 is 0. The van der Waals surface area contributed by atoms with E-state index >= 15 is 0 Å². The SMILES string of the molecule is COc1cc(C)ccc1Oc1ccc(NC(=O)c2cc(=O)n(C)c3ccccc23)cn1. The molecule has 0 fully saturated rings. The number of rotatable bonds is 5. The van der Waals surface area contributed by atoms with Gasteiger partial charge in [-0.3, -0.25) is 9.59 Å². The van der Waals surface area contributed by atoms with Crippen molar-refractivity contribution < 1.29 is 14.3 Å². The van der Waals surface area contributed by atoms with Gasteiger partial charge >= 0.3 is 0 Å². The molecule has 1 amide bonds. The molecule has 4 aromatic rings. The molecule has 2 aromatic heterocycles. The minimum atomic E-state index is -0.385. The predicted octanol–water partition coefficient (Wildman–Crippen LogP) is 4.30. The van der Waals surface area contributed by atoms with Gasteiger partial charge in [0, 0.05) is 24.6 Å². The summed E-state index contributed by atoms with van der Waals surface area (Å²) in [6.45, 7) is 1.97. The minimum Gasteiger partial charge on any atom is -0.493 e. The van der Waals surface area contributed by atoms with Gasteiger partial charge in [0.25, 0.3) is 11.5 Å². The maximum absolute atomic E-state index is 12.8. The molecule has 0 spiro atoms. The van der Waals surface area contributed by atoms with Crippen molar-refractivity contribution >= 4 is 22.5 Å². The van der Waals surface area contributed by atoms with Crippen LogP contribution in [0.3, 0.4) is 0 Å². The number of para-hydroxylation sites is 1. The van der Waals surface area contributed by atoms with Crippen molar-refractivity contribution in [3.8, 4) is 17.4 Å². The molecule has 0 unspecified atom stereocenters. The van der Waals surface area contributed by atoms with Crippen LogP contribution in [0.2, 0.25) is 0 Å². The number of methoxy groups -OCH3 is 1. The fraction of sp³-hybridized carbons (Fsp3) is 0.125. The zero-order chi connectivity index (χ0) is 22.0. The highest BCUT2D eigenvalue weighted by Crippen LogP contribution is 2.31. The van der Waals surface area contributed by atoms with Crippen molar-refractivity contribution in [2.75, 3.05) is 12.4 Å². The van der Waals surface area contributed by atoms with Gasteiger partial charge in [0.2, 0.25) is 5.88 Å². The van der Waals surface area contributed by atoms with E-state index in [1.807, 2.05) is 43.3 Å². The van der Waals surface area contributed by atoms with Crippen LogP contribution in [0.1, 0.15) is 15.9 Å². The topological polar surface area (TPSA) is 82.5 Å². The van der Waals surface area contributed by atoms with E-state index in [0.29, 0.717) is 39.5 Å². The van der Waals surface area contributed by atoms with E-state index in [4.69, 9.17) is 9.47 Å². The molecule has 0 radical (unpaired) electrons. The summed E-state index contributed by atoms with van der Waals surface area (Å²) in [5.41, 5.74) is 2.28. The molecule has 2 aromatic carbocycles. The van der Waals surface area contributed by atoms with Crippen LogP contribution in [0.5, 0.6) is 17.4 Å². The van der Waals surface area contributed by atoms with Crippen LogP contribution in [0.25, 0.3) is 10.9 Å². The fourth-order valence-electron chi connectivity index (χ4n) is 3.28. The second-order valence-corrected chi connectivity index (χ2v) is 7.07. The molecule has 0 aliphatic rings. The van der Waals surface area contributed by atoms with Crippen LogP contribution in [0.15, 0.2) is 71.7 Å². The predicted molar refractivity (Wildman–Crippen MR) is 119 cm³/mol. The molecule has 1 N–H and O–H groups in total. The molecule has 7 nitrogen and oxygen atoms in total. The normalized spacial score (nSPS) is 10.7. The number of amides is 1. The molecule has 0 saturated carbocycles.